The van der Waals surface area contributed by atoms with Crippen molar-refractivity contribution in [1.82, 2.24) is 74.4 Å². The Morgan fingerprint density at radius 1 is 0.358 bits per heavy atom. The first-order valence-electron chi connectivity index (χ1n) is 34.0. The van der Waals surface area contributed by atoms with Gasteiger partial charge >= 0.3 is 17.9 Å². The monoisotopic (exact) mass is 1530 g/mol. The first-order chi connectivity index (χ1) is 49.7. The van der Waals surface area contributed by atoms with Crippen LogP contribution >= 0.6 is 11.8 Å². The van der Waals surface area contributed by atoms with Crippen LogP contribution in [0.3, 0.4) is 0 Å². The van der Waals surface area contributed by atoms with Crippen molar-refractivity contribution < 1.29 is 117 Å². The highest BCUT2D eigenvalue weighted by Crippen LogP contribution is 2.12. The van der Waals surface area contributed by atoms with E-state index in [1.165, 1.54) is 18.7 Å². The van der Waals surface area contributed by atoms with E-state index in [2.05, 4.69) is 74.4 Å². The van der Waals surface area contributed by atoms with Crippen molar-refractivity contribution in [2.45, 2.75) is 222 Å². The van der Waals surface area contributed by atoms with Gasteiger partial charge in [0.2, 0.25) is 94.5 Å². The number of aliphatic hydroxyl groups excluding tert-OH is 2. The van der Waals surface area contributed by atoms with Crippen molar-refractivity contribution in [2.24, 2.45) is 34.6 Å². The van der Waals surface area contributed by atoms with E-state index in [-0.39, 0.29) is 45.2 Å². The fraction of sp³-hybridized carbons (Fsp3) is 0.694. The summed E-state index contributed by atoms with van der Waals surface area (Å²) in [4.78, 5) is 247. The Kier molecular flexibility index (Phi) is 46.5. The fourth-order valence-electron chi connectivity index (χ4n) is 9.37. The molecule has 0 rings (SSSR count). The number of aliphatic carboxylic acids is 3. The van der Waals surface area contributed by atoms with E-state index < -0.39 is 268 Å². The van der Waals surface area contributed by atoms with Crippen LogP contribution in [-0.2, 0) is 91.1 Å². The minimum absolute atomic E-state index is 0.0193. The number of thioether (sulfide) groups is 1. The number of carbonyl (C=O) groups is 19. The van der Waals surface area contributed by atoms with Crippen LogP contribution in [0.5, 0.6) is 0 Å². The maximum atomic E-state index is 14.0. The highest BCUT2D eigenvalue weighted by atomic mass is 32.2. The van der Waals surface area contributed by atoms with Crippen molar-refractivity contribution >= 4 is 124 Å². The van der Waals surface area contributed by atoms with Crippen LogP contribution in [0, 0.1) is 5.92 Å². The maximum Gasteiger partial charge on any atom is 0.326 e. The molecule has 0 aliphatic heterocycles. The van der Waals surface area contributed by atoms with Gasteiger partial charge in [0.05, 0.1) is 26.2 Å². The van der Waals surface area contributed by atoms with Gasteiger partial charge in [0.1, 0.15) is 84.6 Å². The Morgan fingerprint density at radius 2 is 0.689 bits per heavy atom. The molecular formula is C62H107N19O24S. The number of nitrogens with one attached hydrogen (secondary N) is 14. The summed E-state index contributed by atoms with van der Waals surface area (Å²) in [5, 5.41) is 80.6. The normalized spacial score (nSPS) is 15.0. The molecule has 0 bridgehead atoms. The summed E-state index contributed by atoms with van der Waals surface area (Å²) in [6.45, 7) is 5.57. The number of hydrogen-bond donors (Lipinski definition) is 24. The lowest BCUT2D eigenvalue weighted by Gasteiger charge is -2.27. The Bertz CT molecular complexity index is 3040. The molecule has 14 atom stereocenters. The average molecular weight is 1530 g/mol. The molecule has 0 aromatic carbocycles. The SMILES string of the molecule is CSCC[C@H](NC(=O)[C@@H](N)CO)C(=O)N[C@@H](CCC(N)=O)C(=O)N[C@@H](C)C(=O)N[C@@H](CO)C(=O)N[C@@H](CC(C)C)C(=O)N[C@@H](CCC(=O)O)C(=O)N[C@@H](C)C(=O)N[C@@H](CCC(=O)O)C(=O)N[C@@H](C)C(=O)N[C@@H](CCCCN)C(=O)NCC(=O)N[C@@H](CCCCN)C(=O)N[C@@H](C)C(=O)N[C@@H](CC(N)=O)C(=O)O. The van der Waals surface area contributed by atoms with Crippen LogP contribution in [0.25, 0.3) is 0 Å². The molecule has 0 heterocycles. The molecule has 0 aliphatic carbocycles. The van der Waals surface area contributed by atoms with Crippen molar-refractivity contribution in [3.8, 4) is 0 Å². The topological polar surface area (TPSA) is 724 Å². The van der Waals surface area contributed by atoms with E-state index in [0.717, 1.165) is 20.8 Å². The Morgan fingerprint density at radius 3 is 1.05 bits per heavy atom. The van der Waals surface area contributed by atoms with Gasteiger partial charge in [-0.1, -0.05) is 13.8 Å². The molecule has 0 aromatic rings. The van der Waals surface area contributed by atoms with Crippen LogP contribution < -0.4 is 103 Å². The van der Waals surface area contributed by atoms with Crippen LogP contribution in [0.1, 0.15) is 138 Å². The third-order valence-corrected chi connectivity index (χ3v) is 16.1. The van der Waals surface area contributed by atoms with Crippen LogP contribution in [0.15, 0.2) is 0 Å². The number of carboxylic acid groups (broad SMARTS) is 3. The number of rotatable bonds is 55. The van der Waals surface area contributed by atoms with Gasteiger partial charge in [-0.05, 0) is 129 Å². The molecule has 44 heteroatoms. The number of carboxylic acids is 3. The zero-order valence-electron chi connectivity index (χ0n) is 60.3. The minimum Gasteiger partial charge on any atom is -0.481 e. The van der Waals surface area contributed by atoms with Crippen LogP contribution in [-0.4, -0.2) is 267 Å². The smallest absolute Gasteiger partial charge is 0.326 e. The van der Waals surface area contributed by atoms with E-state index in [0.29, 0.717) is 25.0 Å². The molecule has 106 heavy (non-hydrogen) atoms. The highest BCUT2D eigenvalue weighted by molar-refractivity contribution is 7.98. The summed E-state index contributed by atoms with van der Waals surface area (Å²) in [6.07, 6.45) is -1.61. The summed E-state index contributed by atoms with van der Waals surface area (Å²) in [5.74, 6) is -20.9. The minimum atomic E-state index is -1.84. The molecule has 0 saturated heterocycles. The van der Waals surface area contributed by atoms with Gasteiger partial charge in [0.15, 0.2) is 0 Å². The lowest BCUT2D eigenvalue weighted by Crippen LogP contribution is -2.60. The molecular weight excluding hydrogens is 1430 g/mol. The molecule has 0 fully saturated rings. The molecule has 0 radical (unpaired) electrons. The summed E-state index contributed by atoms with van der Waals surface area (Å²) in [7, 11) is 0. The fourth-order valence-corrected chi connectivity index (χ4v) is 9.85. The third kappa shape index (κ3) is 39.3. The predicted octanol–water partition coefficient (Wildman–Crippen LogP) is -10.2. The van der Waals surface area contributed by atoms with E-state index in [9.17, 15) is 117 Å². The van der Waals surface area contributed by atoms with Gasteiger partial charge in [0.25, 0.3) is 0 Å². The van der Waals surface area contributed by atoms with E-state index in [1.54, 1.807) is 20.1 Å². The van der Waals surface area contributed by atoms with E-state index >= 15 is 0 Å². The summed E-state index contributed by atoms with van der Waals surface area (Å²) >= 11 is 1.31. The van der Waals surface area contributed by atoms with Crippen LogP contribution in [0.2, 0.25) is 0 Å². The number of hydrogen-bond acceptors (Lipinski definition) is 25. The second kappa shape index (κ2) is 51.3. The van der Waals surface area contributed by atoms with Crippen molar-refractivity contribution in [1.29, 1.82) is 0 Å². The molecule has 0 unspecified atom stereocenters. The number of aliphatic hydroxyl groups is 2. The zero-order chi connectivity index (χ0) is 81.1. The first kappa shape index (κ1) is 96.1. The van der Waals surface area contributed by atoms with Gasteiger partial charge in [-0.3, -0.25) is 86.3 Å². The number of carbonyl (C=O) groups excluding carboxylic acids is 16. The third-order valence-electron chi connectivity index (χ3n) is 15.4. The Labute approximate surface area is 615 Å². The second-order valence-electron chi connectivity index (χ2n) is 25.1. The zero-order valence-corrected chi connectivity index (χ0v) is 61.1. The first-order valence-corrected chi connectivity index (χ1v) is 35.4. The standard InChI is InChI=1S/C62H107N19O24S/c1-29(2)24-41(79-61(103)43(28-83)81-52(94)33(6)72-56(98)37(14-17-44(66)84)77-59(101)40(20-23-106-7)76-53(95)34(65)27-82)60(102)78-39(16-19-48(89)90)58(100)71-31(4)50(92)75-38(15-18-47(87)88)57(99)70-30(3)49(91)74-35(12-8-10-21-63)54(96)68-26-46(86)73-36(13-9-11-22-64)55(97)69-32(5)51(93)80-42(62(104)105)25-45(67)85/h29-43,82-83H,8-28,63-65H2,1-7H3,(H2,66,84)(H2,67,85)(H,68,96)(H,69,97)(H,70,99)(H,71,100)(H,72,98)(H,73,86)(H,74,91)(H,75,92)(H,76,95)(H,77,101)(H,78,102)(H,79,103)(H,80,93)(H,81,94)(H,87,88)(H,89,90)(H,104,105)/t30-,31-,32-,33-,34-,35-,36-,37-,38-,39-,40-,41-,42-,43-/m0/s1. The lowest BCUT2D eigenvalue weighted by molar-refractivity contribution is -0.143. The van der Waals surface area contributed by atoms with Crippen molar-refractivity contribution in [3.05, 3.63) is 0 Å². The molecule has 0 spiro atoms. The number of nitrogens with two attached hydrogens (primary N) is 5. The molecule has 16 amide bonds. The van der Waals surface area contributed by atoms with E-state index in [1.807, 2.05) is 0 Å². The van der Waals surface area contributed by atoms with Crippen LogP contribution in [0.4, 0.5) is 0 Å². The molecule has 0 saturated carbocycles. The number of primary amides is 2. The number of unbranched alkanes of at least 4 members (excludes halogenated alkanes) is 2. The Balaban J connectivity index is 6.40. The summed E-state index contributed by atoms with van der Waals surface area (Å²) < 4.78 is 0. The predicted molar refractivity (Wildman–Crippen MR) is 375 cm³/mol. The number of amides is 16. The summed E-state index contributed by atoms with van der Waals surface area (Å²) in [5.41, 5.74) is 27.2. The Hall–Kier alpha value is -9.92. The molecule has 43 nitrogen and oxygen atoms in total. The largest absolute Gasteiger partial charge is 0.481 e. The highest BCUT2D eigenvalue weighted by Gasteiger charge is 2.36. The van der Waals surface area contributed by atoms with Gasteiger partial charge in [0, 0.05) is 19.3 Å². The van der Waals surface area contributed by atoms with Crippen molar-refractivity contribution in [2.75, 3.05) is 44.9 Å². The second-order valence-corrected chi connectivity index (χ2v) is 26.1. The molecule has 29 N–H and O–H groups in total. The van der Waals surface area contributed by atoms with Gasteiger partial charge in [-0.2, -0.15) is 11.8 Å². The van der Waals surface area contributed by atoms with Crippen molar-refractivity contribution in [3.63, 3.8) is 0 Å². The van der Waals surface area contributed by atoms with E-state index in [4.69, 9.17) is 28.7 Å². The molecule has 600 valence electrons. The van der Waals surface area contributed by atoms with Gasteiger partial charge < -0.3 is 129 Å². The quantitative estimate of drug-likeness (QED) is 0.0251. The lowest BCUT2D eigenvalue weighted by atomic mass is 10.0. The van der Waals surface area contributed by atoms with Gasteiger partial charge in [-0.25, -0.2) is 4.79 Å². The average Bonchev–Trinajstić information content (AvgIpc) is 0.862. The van der Waals surface area contributed by atoms with Gasteiger partial charge in [-0.15, -0.1) is 0 Å². The molecule has 0 aromatic heterocycles. The molecule has 0 aliphatic rings. The summed E-state index contributed by atoms with van der Waals surface area (Å²) in [6, 6.07) is -21.8. The maximum absolute atomic E-state index is 14.0.